The van der Waals surface area contributed by atoms with Crippen molar-refractivity contribution in [2.24, 2.45) is 24.8 Å². The normalized spacial score (nSPS) is 30.0. The van der Waals surface area contributed by atoms with Gasteiger partial charge in [0.05, 0.1) is 17.8 Å². The topological polar surface area (TPSA) is 50.6 Å². The van der Waals surface area contributed by atoms with Gasteiger partial charge in [-0.15, -0.1) is 0 Å². The number of carbonyl (C=O) groups is 1. The molecule has 0 N–H and O–H groups in total. The van der Waals surface area contributed by atoms with Crippen molar-refractivity contribution in [2.75, 3.05) is 44.3 Å². The van der Waals surface area contributed by atoms with Crippen LogP contribution < -0.4 is 4.90 Å². The molecule has 1 aromatic rings. The number of carbonyl (C=O) groups excluding carboxylic acids is 1. The number of likely N-dealkylation sites (tertiary alicyclic amines) is 1. The quantitative estimate of drug-likeness (QED) is 0.838. The lowest BCUT2D eigenvalue weighted by Gasteiger charge is -2.32. The zero-order valence-corrected chi connectivity index (χ0v) is 13.9. The van der Waals surface area contributed by atoms with Crippen LogP contribution in [0.25, 0.3) is 0 Å². The van der Waals surface area contributed by atoms with E-state index in [1.54, 1.807) is 10.9 Å². The van der Waals surface area contributed by atoms with E-state index < -0.39 is 0 Å². The SMILES string of the molecule is Cn1cc(N2CC[C@H]3CN(CC4CCOCC4)C[C@H]3C2=O)cn1. The standard InChI is InChI=1S/C17H26N4O2/c1-19-11-15(8-18-19)21-5-2-14-10-20(12-16(14)17(21)22)9-13-3-6-23-7-4-13/h8,11,13-14,16H,2-7,9-10,12H2,1H3/t14-,16+/m0/s1. The second-order valence-electron chi connectivity index (χ2n) is 7.29. The van der Waals surface area contributed by atoms with Crippen LogP contribution in [0.2, 0.25) is 0 Å². The zero-order chi connectivity index (χ0) is 15.8. The molecular formula is C17H26N4O2. The minimum Gasteiger partial charge on any atom is -0.381 e. The summed E-state index contributed by atoms with van der Waals surface area (Å²) >= 11 is 0. The molecule has 3 aliphatic rings. The molecule has 0 aromatic carbocycles. The van der Waals surface area contributed by atoms with Crippen LogP contribution in [0.15, 0.2) is 12.4 Å². The van der Waals surface area contributed by atoms with E-state index >= 15 is 0 Å². The summed E-state index contributed by atoms with van der Waals surface area (Å²) in [7, 11) is 1.89. The summed E-state index contributed by atoms with van der Waals surface area (Å²) in [6, 6.07) is 0. The van der Waals surface area contributed by atoms with E-state index in [0.717, 1.165) is 57.4 Å². The summed E-state index contributed by atoms with van der Waals surface area (Å²) < 4.78 is 7.22. The van der Waals surface area contributed by atoms with Gasteiger partial charge in [-0.05, 0) is 31.1 Å². The summed E-state index contributed by atoms with van der Waals surface area (Å²) in [5.41, 5.74) is 0.943. The van der Waals surface area contributed by atoms with E-state index in [-0.39, 0.29) is 5.92 Å². The average molecular weight is 318 g/mol. The fraction of sp³-hybridized carbons (Fsp3) is 0.765. The number of aromatic nitrogens is 2. The number of hydrogen-bond donors (Lipinski definition) is 0. The fourth-order valence-electron chi connectivity index (χ4n) is 4.39. The maximum atomic E-state index is 12.9. The first-order chi connectivity index (χ1) is 11.2. The van der Waals surface area contributed by atoms with Crippen molar-refractivity contribution in [3.63, 3.8) is 0 Å². The number of piperidine rings is 1. The molecule has 0 bridgehead atoms. The predicted octanol–water partition coefficient (Wildman–Crippen LogP) is 1.13. The molecule has 6 heteroatoms. The molecule has 0 aliphatic carbocycles. The number of rotatable bonds is 3. The van der Waals surface area contributed by atoms with Crippen LogP contribution in [0.4, 0.5) is 5.69 Å². The molecule has 4 rings (SSSR count). The molecule has 0 unspecified atom stereocenters. The second kappa shape index (κ2) is 6.24. The van der Waals surface area contributed by atoms with E-state index in [1.807, 2.05) is 18.1 Å². The first kappa shape index (κ1) is 15.1. The van der Waals surface area contributed by atoms with Gasteiger partial charge in [0.15, 0.2) is 0 Å². The van der Waals surface area contributed by atoms with Crippen molar-refractivity contribution < 1.29 is 9.53 Å². The fourth-order valence-corrected chi connectivity index (χ4v) is 4.39. The Hall–Kier alpha value is -1.40. The Morgan fingerprint density at radius 2 is 2.09 bits per heavy atom. The molecule has 126 valence electrons. The highest BCUT2D eigenvalue weighted by Gasteiger charge is 2.43. The highest BCUT2D eigenvalue weighted by Crippen LogP contribution is 2.35. The zero-order valence-electron chi connectivity index (χ0n) is 13.9. The maximum Gasteiger partial charge on any atom is 0.231 e. The van der Waals surface area contributed by atoms with Crippen molar-refractivity contribution in [3.8, 4) is 0 Å². The van der Waals surface area contributed by atoms with Gasteiger partial charge >= 0.3 is 0 Å². The number of ether oxygens (including phenoxy) is 1. The van der Waals surface area contributed by atoms with Crippen LogP contribution in [0.5, 0.6) is 0 Å². The molecule has 3 fully saturated rings. The number of amides is 1. The van der Waals surface area contributed by atoms with Gasteiger partial charge in [0.1, 0.15) is 0 Å². The highest BCUT2D eigenvalue weighted by atomic mass is 16.5. The van der Waals surface area contributed by atoms with Crippen LogP contribution in [0.3, 0.4) is 0 Å². The Kier molecular flexibility index (Phi) is 4.11. The van der Waals surface area contributed by atoms with Gasteiger partial charge in [-0.1, -0.05) is 0 Å². The number of anilines is 1. The summed E-state index contributed by atoms with van der Waals surface area (Å²) in [5, 5.41) is 4.20. The average Bonchev–Trinajstić information content (AvgIpc) is 3.15. The monoisotopic (exact) mass is 318 g/mol. The lowest BCUT2D eigenvalue weighted by molar-refractivity contribution is -0.124. The lowest BCUT2D eigenvalue weighted by Crippen LogP contribution is -2.45. The third-order valence-electron chi connectivity index (χ3n) is 5.68. The van der Waals surface area contributed by atoms with Crippen LogP contribution >= 0.6 is 0 Å². The number of hydrogen-bond acceptors (Lipinski definition) is 4. The van der Waals surface area contributed by atoms with Crippen molar-refractivity contribution >= 4 is 11.6 Å². The molecule has 0 radical (unpaired) electrons. The Morgan fingerprint density at radius 3 is 2.83 bits per heavy atom. The Labute approximate surface area is 137 Å². The van der Waals surface area contributed by atoms with Crippen molar-refractivity contribution in [3.05, 3.63) is 12.4 Å². The third-order valence-corrected chi connectivity index (χ3v) is 5.68. The molecule has 6 nitrogen and oxygen atoms in total. The first-order valence-electron chi connectivity index (χ1n) is 8.81. The van der Waals surface area contributed by atoms with Crippen LogP contribution in [0, 0.1) is 17.8 Å². The van der Waals surface area contributed by atoms with Crippen molar-refractivity contribution in [1.82, 2.24) is 14.7 Å². The third kappa shape index (κ3) is 3.02. The van der Waals surface area contributed by atoms with E-state index in [4.69, 9.17) is 4.74 Å². The predicted molar refractivity (Wildman–Crippen MR) is 87.1 cm³/mol. The molecule has 0 saturated carbocycles. The Balaban J connectivity index is 1.40. The van der Waals surface area contributed by atoms with E-state index in [1.165, 1.54) is 12.8 Å². The molecule has 4 heterocycles. The summed E-state index contributed by atoms with van der Waals surface area (Å²) in [6.07, 6.45) is 7.18. The minimum atomic E-state index is 0.170. The summed E-state index contributed by atoms with van der Waals surface area (Å²) in [6.45, 7) is 5.79. The molecule has 3 saturated heterocycles. The van der Waals surface area contributed by atoms with Crippen LogP contribution in [0.1, 0.15) is 19.3 Å². The molecule has 2 atom stereocenters. The largest absolute Gasteiger partial charge is 0.381 e. The molecule has 0 spiro atoms. The number of fused-ring (bicyclic) bond motifs is 1. The van der Waals surface area contributed by atoms with Crippen LogP contribution in [-0.2, 0) is 16.6 Å². The Bertz CT molecular complexity index is 567. The van der Waals surface area contributed by atoms with Gasteiger partial charge in [0, 0.05) is 52.6 Å². The van der Waals surface area contributed by atoms with Gasteiger partial charge in [0.2, 0.25) is 5.91 Å². The second-order valence-corrected chi connectivity index (χ2v) is 7.29. The van der Waals surface area contributed by atoms with Gasteiger partial charge in [-0.25, -0.2) is 0 Å². The minimum absolute atomic E-state index is 0.170. The van der Waals surface area contributed by atoms with E-state index in [9.17, 15) is 4.79 Å². The molecule has 23 heavy (non-hydrogen) atoms. The van der Waals surface area contributed by atoms with Crippen molar-refractivity contribution in [1.29, 1.82) is 0 Å². The van der Waals surface area contributed by atoms with Gasteiger partial charge in [-0.3, -0.25) is 9.48 Å². The van der Waals surface area contributed by atoms with Crippen molar-refractivity contribution in [2.45, 2.75) is 19.3 Å². The Morgan fingerprint density at radius 1 is 1.26 bits per heavy atom. The number of aryl methyl sites for hydroxylation is 1. The molecule has 1 amide bonds. The highest BCUT2D eigenvalue weighted by molar-refractivity contribution is 5.96. The van der Waals surface area contributed by atoms with E-state index in [0.29, 0.717) is 11.8 Å². The molecular weight excluding hydrogens is 292 g/mol. The number of nitrogens with zero attached hydrogens (tertiary/aromatic N) is 4. The van der Waals surface area contributed by atoms with E-state index in [2.05, 4.69) is 10.00 Å². The summed E-state index contributed by atoms with van der Waals surface area (Å²) in [5.74, 6) is 1.75. The first-order valence-corrected chi connectivity index (χ1v) is 8.81. The van der Waals surface area contributed by atoms with Gasteiger partial charge < -0.3 is 14.5 Å². The van der Waals surface area contributed by atoms with Gasteiger partial charge in [0.25, 0.3) is 0 Å². The maximum absolute atomic E-state index is 12.9. The smallest absolute Gasteiger partial charge is 0.231 e. The molecule has 1 aromatic heterocycles. The van der Waals surface area contributed by atoms with Gasteiger partial charge in [-0.2, -0.15) is 5.10 Å². The summed E-state index contributed by atoms with van der Waals surface area (Å²) in [4.78, 5) is 17.4. The lowest BCUT2D eigenvalue weighted by atomic mass is 9.88. The van der Waals surface area contributed by atoms with Crippen LogP contribution in [-0.4, -0.2) is 60.0 Å². The molecule has 3 aliphatic heterocycles.